The number of halogens is 2. The van der Waals surface area contributed by atoms with Gasteiger partial charge in [-0.2, -0.15) is 0 Å². The quantitative estimate of drug-likeness (QED) is 0.580. The van der Waals surface area contributed by atoms with Gasteiger partial charge < -0.3 is 10.3 Å². The molecule has 2 aromatic rings. The first kappa shape index (κ1) is 19.1. The van der Waals surface area contributed by atoms with Gasteiger partial charge in [-0.05, 0) is 31.9 Å². The summed E-state index contributed by atoms with van der Waals surface area (Å²) in [6.45, 7) is 3.64. The SMILES string of the molecule is CCCCc1cc(=O)[nH]c(SC(C)C(=O)Nc2cc(F)ccc2F)n1. The normalized spacial score (nSPS) is 12.0. The maximum absolute atomic E-state index is 13.6. The maximum Gasteiger partial charge on any atom is 0.251 e. The van der Waals surface area contributed by atoms with Crippen LogP contribution in [0.15, 0.2) is 34.2 Å². The molecule has 5 nitrogen and oxygen atoms in total. The number of aromatic nitrogens is 2. The van der Waals surface area contributed by atoms with Gasteiger partial charge in [0, 0.05) is 17.8 Å². The standard InChI is InChI=1S/C17H19F2N3O2S/c1-3-4-5-12-9-15(23)22-17(20-12)25-10(2)16(24)21-14-8-11(18)6-7-13(14)19/h6-10H,3-5H2,1-2H3,(H,21,24)(H,20,22,23). The van der Waals surface area contributed by atoms with Crippen LogP contribution >= 0.6 is 11.8 Å². The molecule has 1 heterocycles. The summed E-state index contributed by atoms with van der Waals surface area (Å²) in [6.07, 6.45) is 2.58. The maximum atomic E-state index is 13.6. The van der Waals surface area contributed by atoms with Gasteiger partial charge in [-0.3, -0.25) is 9.59 Å². The number of nitrogens with one attached hydrogen (secondary N) is 2. The van der Waals surface area contributed by atoms with Crippen molar-refractivity contribution in [2.24, 2.45) is 0 Å². The van der Waals surface area contributed by atoms with Crippen LogP contribution in [-0.4, -0.2) is 21.1 Å². The Morgan fingerprint density at radius 2 is 2.12 bits per heavy atom. The zero-order valence-corrected chi connectivity index (χ0v) is 14.8. The van der Waals surface area contributed by atoms with E-state index >= 15 is 0 Å². The predicted molar refractivity (Wildman–Crippen MR) is 93.8 cm³/mol. The van der Waals surface area contributed by atoms with E-state index in [1.54, 1.807) is 6.92 Å². The summed E-state index contributed by atoms with van der Waals surface area (Å²) in [5, 5.41) is 2.00. The molecule has 0 aliphatic carbocycles. The van der Waals surface area contributed by atoms with Crippen molar-refractivity contribution in [3.63, 3.8) is 0 Å². The Kier molecular flexibility index (Phi) is 6.69. The summed E-state index contributed by atoms with van der Waals surface area (Å²) in [7, 11) is 0. The van der Waals surface area contributed by atoms with Gasteiger partial charge in [0.2, 0.25) is 5.91 Å². The molecular formula is C17H19F2N3O2S. The second kappa shape index (κ2) is 8.75. The molecule has 0 saturated carbocycles. The van der Waals surface area contributed by atoms with Crippen molar-refractivity contribution in [3.8, 4) is 0 Å². The summed E-state index contributed by atoms with van der Waals surface area (Å²) in [5.74, 6) is -1.89. The highest BCUT2D eigenvalue weighted by Crippen LogP contribution is 2.22. The molecule has 0 spiro atoms. The lowest BCUT2D eigenvalue weighted by atomic mass is 10.2. The van der Waals surface area contributed by atoms with Crippen LogP contribution in [0.3, 0.4) is 0 Å². The lowest BCUT2D eigenvalue weighted by molar-refractivity contribution is -0.115. The van der Waals surface area contributed by atoms with E-state index in [-0.39, 0.29) is 11.2 Å². The van der Waals surface area contributed by atoms with Crippen LogP contribution in [-0.2, 0) is 11.2 Å². The first-order valence-electron chi connectivity index (χ1n) is 7.92. The Labute approximate surface area is 148 Å². The zero-order valence-electron chi connectivity index (χ0n) is 13.9. The predicted octanol–water partition coefficient (Wildman–Crippen LogP) is 3.51. The van der Waals surface area contributed by atoms with Crippen molar-refractivity contribution in [3.05, 3.63) is 51.9 Å². The summed E-state index contributed by atoms with van der Waals surface area (Å²) in [4.78, 5) is 30.8. The van der Waals surface area contributed by atoms with E-state index in [4.69, 9.17) is 0 Å². The monoisotopic (exact) mass is 367 g/mol. The fraction of sp³-hybridized carbons (Fsp3) is 0.353. The van der Waals surface area contributed by atoms with E-state index in [0.29, 0.717) is 17.3 Å². The lowest BCUT2D eigenvalue weighted by Crippen LogP contribution is -2.24. The Morgan fingerprint density at radius 3 is 2.84 bits per heavy atom. The minimum Gasteiger partial charge on any atom is -0.323 e. The van der Waals surface area contributed by atoms with E-state index in [0.717, 1.165) is 42.8 Å². The molecule has 25 heavy (non-hydrogen) atoms. The molecule has 0 saturated heterocycles. The minimum atomic E-state index is -0.722. The number of aryl methyl sites for hydroxylation is 1. The number of amides is 1. The van der Waals surface area contributed by atoms with Gasteiger partial charge in [-0.25, -0.2) is 13.8 Å². The number of hydrogen-bond acceptors (Lipinski definition) is 4. The number of thioether (sulfide) groups is 1. The number of hydrogen-bond donors (Lipinski definition) is 2. The van der Waals surface area contributed by atoms with E-state index in [1.165, 1.54) is 6.07 Å². The number of benzene rings is 1. The smallest absolute Gasteiger partial charge is 0.251 e. The van der Waals surface area contributed by atoms with Crippen molar-refractivity contribution in [2.45, 2.75) is 43.5 Å². The number of unbranched alkanes of at least 4 members (excludes halogenated alkanes) is 1. The molecule has 1 atom stereocenters. The average molecular weight is 367 g/mol. The summed E-state index contributed by atoms with van der Waals surface area (Å²) >= 11 is 1.05. The molecule has 8 heteroatoms. The Hall–Kier alpha value is -2.22. The van der Waals surface area contributed by atoms with Crippen LogP contribution < -0.4 is 10.9 Å². The van der Waals surface area contributed by atoms with Gasteiger partial charge in [0.15, 0.2) is 5.16 Å². The molecule has 134 valence electrons. The number of anilines is 1. The topological polar surface area (TPSA) is 74.8 Å². The first-order chi connectivity index (χ1) is 11.9. The van der Waals surface area contributed by atoms with E-state index in [9.17, 15) is 18.4 Å². The third kappa shape index (κ3) is 5.67. The number of aromatic amines is 1. The number of rotatable bonds is 7. The molecule has 0 radical (unpaired) electrons. The number of nitrogens with zero attached hydrogens (tertiary/aromatic N) is 1. The van der Waals surface area contributed by atoms with Gasteiger partial charge >= 0.3 is 0 Å². The Morgan fingerprint density at radius 1 is 1.36 bits per heavy atom. The molecule has 0 aliphatic rings. The van der Waals surface area contributed by atoms with E-state index in [2.05, 4.69) is 15.3 Å². The first-order valence-corrected chi connectivity index (χ1v) is 8.79. The molecule has 1 aromatic heterocycles. The number of H-pyrrole nitrogens is 1. The van der Waals surface area contributed by atoms with Crippen LogP contribution in [0.25, 0.3) is 0 Å². The van der Waals surface area contributed by atoms with Gasteiger partial charge in [-0.1, -0.05) is 25.1 Å². The molecule has 1 amide bonds. The zero-order chi connectivity index (χ0) is 18.4. The van der Waals surface area contributed by atoms with Crippen LogP contribution in [0.4, 0.5) is 14.5 Å². The van der Waals surface area contributed by atoms with Crippen molar-refractivity contribution in [2.75, 3.05) is 5.32 Å². The fourth-order valence-corrected chi connectivity index (χ4v) is 2.90. The van der Waals surface area contributed by atoms with Crippen molar-refractivity contribution in [1.82, 2.24) is 9.97 Å². The van der Waals surface area contributed by atoms with Gasteiger partial charge in [0.25, 0.3) is 5.56 Å². The third-order valence-corrected chi connectivity index (χ3v) is 4.39. The molecule has 0 aliphatic heterocycles. The van der Waals surface area contributed by atoms with Crippen LogP contribution in [0, 0.1) is 11.6 Å². The van der Waals surface area contributed by atoms with Crippen molar-refractivity contribution in [1.29, 1.82) is 0 Å². The second-order valence-electron chi connectivity index (χ2n) is 5.52. The number of carbonyl (C=O) groups excluding carboxylic acids is 1. The van der Waals surface area contributed by atoms with Crippen LogP contribution in [0.1, 0.15) is 32.4 Å². The largest absolute Gasteiger partial charge is 0.323 e. The van der Waals surface area contributed by atoms with Gasteiger partial charge in [0.1, 0.15) is 11.6 Å². The van der Waals surface area contributed by atoms with E-state index in [1.807, 2.05) is 6.92 Å². The van der Waals surface area contributed by atoms with Crippen LogP contribution in [0.2, 0.25) is 0 Å². The van der Waals surface area contributed by atoms with E-state index < -0.39 is 22.8 Å². The highest BCUT2D eigenvalue weighted by atomic mass is 32.2. The molecule has 0 fully saturated rings. The number of carbonyl (C=O) groups is 1. The summed E-state index contributed by atoms with van der Waals surface area (Å²) in [5.41, 5.74) is 0.153. The molecule has 1 aromatic carbocycles. The molecule has 2 N–H and O–H groups in total. The summed E-state index contributed by atoms with van der Waals surface area (Å²) in [6, 6.07) is 4.27. The Balaban J connectivity index is 2.07. The van der Waals surface area contributed by atoms with Crippen LogP contribution in [0.5, 0.6) is 0 Å². The molecular weight excluding hydrogens is 348 g/mol. The highest BCUT2D eigenvalue weighted by Gasteiger charge is 2.18. The third-order valence-electron chi connectivity index (χ3n) is 3.40. The van der Waals surface area contributed by atoms with Gasteiger partial charge in [0.05, 0.1) is 10.9 Å². The average Bonchev–Trinajstić information content (AvgIpc) is 2.55. The molecule has 1 unspecified atom stereocenters. The van der Waals surface area contributed by atoms with Gasteiger partial charge in [-0.15, -0.1) is 0 Å². The minimum absolute atomic E-state index is 0.226. The molecule has 2 rings (SSSR count). The second-order valence-corrected chi connectivity index (χ2v) is 6.85. The lowest BCUT2D eigenvalue weighted by Gasteiger charge is -2.12. The van der Waals surface area contributed by atoms with Crippen molar-refractivity contribution < 1.29 is 13.6 Å². The summed E-state index contributed by atoms with van der Waals surface area (Å²) < 4.78 is 26.8. The fourth-order valence-electron chi connectivity index (χ4n) is 2.07. The molecule has 0 bridgehead atoms. The Bertz CT molecular complexity index is 811. The highest BCUT2D eigenvalue weighted by molar-refractivity contribution is 8.00. The van der Waals surface area contributed by atoms with Crippen molar-refractivity contribution >= 4 is 23.4 Å².